The van der Waals surface area contributed by atoms with E-state index in [0.717, 1.165) is 82.5 Å². The van der Waals surface area contributed by atoms with Crippen LogP contribution in [-0.2, 0) is 16.0 Å². The van der Waals surface area contributed by atoms with Crippen LogP contribution in [0.5, 0.6) is 0 Å². The van der Waals surface area contributed by atoms with Crippen LogP contribution in [0.3, 0.4) is 0 Å². The molecular formula is C32H40N6O4. The number of carbonyl (C=O) groups excluding carboxylic acids is 2. The molecule has 10 nitrogen and oxygen atoms in total. The Labute approximate surface area is 247 Å². The molecule has 222 valence electrons. The maximum atomic E-state index is 13.5. The van der Waals surface area contributed by atoms with Gasteiger partial charge in [0, 0.05) is 62.8 Å². The number of nitrogens with one attached hydrogen (secondary N) is 2. The Morgan fingerprint density at radius 2 is 1.48 bits per heavy atom. The SMILES string of the molecule is Nc1ccccc1NC(=O)c1ccc(CN(CCCN2CCOCC2)C(=O)Nc2ccc(N3CCOCC3)cc2)cc1. The van der Waals surface area contributed by atoms with Gasteiger partial charge in [0.05, 0.1) is 37.8 Å². The van der Waals surface area contributed by atoms with Crippen LogP contribution in [0.15, 0.2) is 72.8 Å². The molecule has 3 aromatic rings. The average Bonchev–Trinajstić information content (AvgIpc) is 3.03. The fourth-order valence-electron chi connectivity index (χ4n) is 5.13. The Morgan fingerprint density at radius 1 is 0.810 bits per heavy atom. The number of urea groups is 1. The lowest BCUT2D eigenvalue weighted by atomic mass is 10.1. The second kappa shape index (κ2) is 14.7. The lowest BCUT2D eigenvalue weighted by molar-refractivity contribution is 0.0365. The summed E-state index contributed by atoms with van der Waals surface area (Å²) in [5.74, 6) is -0.236. The highest BCUT2D eigenvalue weighted by atomic mass is 16.5. The molecule has 0 aliphatic carbocycles. The van der Waals surface area contributed by atoms with E-state index in [4.69, 9.17) is 15.2 Å². The lowest BCUT2D eigenvalue weighted by Gasteiger charge is -2.29. The van der Waals surface area contributed by atoms with Crippen molar-refractivity contribution >= 4 is 34.7 Å². The van der Waals surface area contributed by atoms with Gasteiger partial charge in [-0.2, -0.15) is 0 Å². The minimum absolute atomic E-state index is 0.155. The standard InChI is InChI=1S/C32H40N6O4/c33-29-4-1-2-5-30(29)35-31(39)26-8-6-25(7-9-26)24-38(15-3-14-36-16-20-41-21-17-36)32(40)34-27-10-12-28(13-11-27)37-18-22-42-23-19-37/h1-2,4-13H,3,14-24,33H2,(H,34,40)(H,35,39). The van der Waals surface area contributed by atoms with Gasteiger partial charge < -0.3 is 35.6 Å². The second-order valence-electron chi connectivity index (χ2n) is 10.5. The minimum atomic E-state index is -0.236. The number of nitrogen functional groups attached to an aromatic ring is 1. The van der Waals surface area contributed by atoms with E-state index < -0.39 is 0 Å². The number of carbonyl (C=O) groups is 2. The van der Waals surface area contributed by atoms with Crippen molar-refractivity contribution in [1.82, 2.24) is 9.80 Å². The molecule has 3 amide bonds. The fourth-order valence-corrected chi connectivity index (χ4v) is 5.13. The van der Waals surface area contributed by atoms with Gasteiger partial charge in [0.25, 0.3) is 5.91 Å². The number of para-hydroxylation sites is 2. The van der Waals surface area contributed by atoms with E-state index >= 15 is 0 Å². The summed E-state index contributed by atoms with van der Waals surface area (Å²) in [5, 5.41) is 5.93. The van der Waals surface area contributed by atoms with Crippen LogP contribution in [0.25, 0.3) is 0 Å². The summed E-state index contributed by atoms with van der Waals surface area (Å²) in [4.78, 5) is 32.7. The number of rotatable bonds is 10. The molecule has 10 heteroatoms. The second-order valence-corrected chi connectivity index (χ2v) is 10.5. The van der Waals surface area contributed by atoms with Gasteiger partial charge >= 0.3 is 6.03 Å². The smallest absolute Gasteiger partial charge is 0.322 e. The fraction of sp³-hybridized carbons (Fsp3) is 0.375. The minimum Gasteiger partial charge on any atom is -0.397 e. The maximum absolute atomic E-state index is 13.5. The summed E-state index contributed by atoms with van der Waals surface area (Å²) >= 11 is 0. The van der Waals surface area contributed by atoms with E-state index in [1.807, 2.05) is 53.4 Å². The molecule has 0 atom stereocenters. The molecule has 42 heavy (non-hydrogen) atoms. The number of amides is 3. The van der Waals surface area contributed by atoms with E-state index in [1.54, 1.807) is 24.3 Å². The van der Waals surface area contributed by atoms with Crippen molar-refractivity contribution in [3.63, 3.8) is 0 Å². The first-order chi connectivity index (χ1) is 20.5. The Balaban J connectivity index is 1.22. The summed E-state index contributed by atoms with van der Waals surface area (Å²) < 4.78 is 10.9. The summed E-state index contributed by atoms with van der Waals surface area (Å²) in [7, 11) is 0. The van der Waals surface area contributed by atoms with Crippen LogP contribution in [0.2, 0.25) is 0 Å². The van der Waals surface area contributed by atoms with E-state index in [0.29, 0.717) is 30.0 Å². The van der Waals surface area contributed by atoms with Crippen molar-refractivity contribution in [3.05, 3.63) is 83.9 Å². The molecule has 0 aromatic heterocycles. The van der Waals surface area contributed by atoms with Crippen molar-refractivity contribution in [2.45, 2.75) is 13.0 Å². The molecule has 2 heterocycles. The molecule has 0 spiro atoms. The third kappa shape index (κ3) is 8.22. The lowest BCUT2D eigenvalue weighted by Crippen LogP contribution is -2.40. The number of nitrogens with two attached hydrogens (primary N) is 1. The van der Waals surface area contributed by atoms with Crippen LogP contribution >= 0.6 is 0 Å². The van der Waals surface area contributed by atoms with E-state index in [9.17, 15) is 9.59 Å². The molecule has 2 fully saturated rings. The number of hydrogen-bond donors (Lipinski definition) is 3. The Hall–Kier alpha value is -4.12. The largest absolute Gasteiger partial charge is 0.397 e. The zero-order valence-electron chi connectivity index (χ0n) is 24.0. The molecule has 0 unspecified atom stereocenters. The molecule has 3 aromatic carbocycles. The van der Waals surface area contributed by atoms with Gasteiger partial charge in [0.2, 0.25) is 0 Å². The van der Waals surface area contributed by atoms with Gasteiger partial charge in [-0.15, -0.1) is 0 Å². The molecule has 2 aliphatic rings. The van der Waals surface area contributed by atoms with E-state index in [2.05, 4.69) is 20.4 Å². The van der Waals surface area contributed by atoms with Gasteiger partial charge in [-0.1, -0.05) is 24.3 Å². The van der Waals surface area contributed by atoms with E-state index in [1.165, 1.54) is 0 Å². The quantitative estimate of drug-likeness (QED) is 0.314. The molecule has 2 aliphatic heterocycles. The third-order valence-electron chi connectivity index (χ3n) is 7.59. The molecule has 0 bridgehead atoms. The van der Waals surface area contributed by atoms with Crippen LogP contribution < -0.4 is 21.3 Å². The first-order valence-corrected chi connectivity index (χ1v) is 14.6. The number of hydrogen-bond acceptors (Lipinski definition) is 7. The van der Waals surface area contributed by atoms with Gasteiger partial charge in [-0.05, 0) is 60.5 Å². The maximum Gasteiger partial charge on any atom is 0.322 e. The van der Waals surface area contributed by atoms with Crippen molar-refractivity contribution in [1.29, 1.82) is 0 Å². The predicted octanol–water partition coefficient (Wildman–Crippen LogP) is 4.11. The van der Waals surface area contributed by atoms with Crippen molar-refractivity contribution < 1.29 is 19.1 Å². The van der Waals surface area contributed by atoms with Gasteiger partial charge in [-0.25, -0.2) is 4.79 Å². The number of ether oxygens (including phenoxy) is 2. The Morgan fingerprint density at radius 3 is 2.17 bits per heavy atom. The highest BCUT2D eigenvalue weighted by Gasteiger charge is 2.18. The topological polar surface area (TPSA) is 112 Å². The first kappa shape index (κ1) is 29.4. The third-order valence-corrected chi connectivity index (χ3v) is 7.59. The molecule has 2 saturated heterocycles. The van der Waals surface area contributed by atoms with E-state index in [-0.39, 0.29) is 11.9 Å². The van der Waals surface area contributed by atoms with Crippen LogP contribution in [0.1, 0.15) is 22.3 Å². The Bertz CT molecular complexity index is 1310. The molecule has 4 N–H and O–H groups in total. The summed E-state index contributed by atoms with van der Waals surface area (Å²) in [6, 6.07) is 22.3. The van der Waals surface area contributed by atoms with Gasteiger partial charge in [-0.3, -0.25) is 9.69 Å². The zero-order valence-corrected chi connectivity index (χ0v) is 24.0. The highest BCUT2D eigenvalue weighted by molar-refractivity contribution is 6.05. The van der Waals surface area contributed by atoms with Crippen LogP contribution in [-0.4, -0.2) is 87.4 Å². The number of anilines is 4. The summed E-state index contributed by atoms with van der Waals surface area (Å²) in [6.07, 6.45) is 0.850. The molecular weight excluding hydrogens is 532 g/mol. The number of nitrogens with zero attached hydrogens (tertiary/aromatic N) is 3. The normalized spacial score (nSPS) is 15.7. The first-order valence-electron chi connectivity index (χ1n) is 14.6. The van der Waals surface area contributed by atoms with Crippen LogP contribution in [0, 0.1) is 0 Å². The Kier molecular flexibility index (Phi) is 10.3. The summed E-state index contributed by atoms with van der Waals surface area (Å²) in [5.41, 5.74) is 10.4. The zero-order chi connectivity index (χ0) is 29.1. The average molecular weight is 573 g/mol. The number of morpholine rings is 2. The molecule has 0 saturated carbocycles. The monoisotopic (exact) mass is 572 g/mol. The molecule has 5 rings (SSSR count). The number of benzene rings is 3. The van der Waals surface area contributed by atoms with Crippen molar-refractivity contribution in [2.24, 2.45) is 0 Å². The van der Waals surface area contributed by atoms with Crippen molar-refractivity contribution in [2.75, 3.05) is 87.0 Å². The van der Waals surface area contributed by atoms with Crippen molar-refractivity contribution in [3.8, 4) is 0 Å². The van der Waals surface area contributed by atoms with Gasteiger partial charge in [0.15, 0.2) is 0 Å². The predicted molar refractivity (Wildman–Crippen MR) is 166 cm³/mol. The summed E-state index contributed by atoms with van der Waals surface area (Å²) in [6.45, 7) is 8.45. The highest BCUT2D eigenvalue weighted by Crippen LogP contribution is 2.21. The van der Waals surface area contributed by atoms with Crippen LogP contribution in [0.4, 0.5) is 27.5 Å². The van der Waals surface area contributed by atoms with Gasteiger partial charge in [0.1, 0.15) is 0 Å². The molecule has 0 radical (unpaired) electrons.